The van der Waals surface area contributed by atoms with Crippen LogP contribution in [0, 0.1) is 16.7 Å². The van der Waals surface area contributed by atoms with Gasteiger partial charge in [0.2, 0.25) is 0 Å². The molecule has 0 amide bonds. The molecule has 1 aromatic carbocycles. The predicted octanol–water partition coefficient (Wildman–Crippen LogP) is 4.84. The van der Waals surface area contributed by atoms with Crippen LogP contribution in [0.25, 0.3) is 0 Å². The largest absolute Gasteiger partial charge is 0.384 e. The maximum atomic E-state index is 6.70. The normalized spacial score (nSPS) is 22.2. The van der Waals surface area contributed by atoms with Crippen molar-refractivity contribution in [3.8, 4) is 0 Å². The first-order chi connectivity index (χ1) is 8.82. The van der Waals surface area contributed by atoms with Crippen LogP contribution < -0.4 is 0 Å². The summed E-state index contributed by atoms with van der Waals surface area (Å²) < 4.78 is 5.10. The van der Waals surface area contributed by atoms with Crippen molar-refractivity contribution in [2.75, 3.05) is 13.7 Å². The van der Waals surface area contributed by atoms with Crippen LogP contribution in [0.15, 0.2) is 24.3 Å². The molecule has 1 aliphatic carbocycles. The third kappa shape index (κ3) is 2.55. The lowest BCUT2D eigenvalue weighted by Crippen LogP contribution is -2.00. The van der Waals surface area contributed by atoms with Gasteiger partial charge in [-0.05, 0) is 34.3 Å². The van der Waals surface area contributed by atoms with E-state index in [0.717, 1.165) is 13.0 Å². The number of ether oxygens (including phenoxy) is 1. The van der Waals surface area contributed by atoms with Gasteiger partial charge in [0.05, 0.1) is 12.0 Å². The van der Waals surface area contributed by atoms with E-state index in [1.54, 1.807) is 7.11 Å². The number of hydrogen-bond acceptors (Lipinski definition) is 1. The van der Waals surface area contributed by atoms with Crippen LogP contribution in [0.1, 0.15) is 44.2 Å². The fraction of sp³-hybridized carbons (Fsp3) is 0.647. The number of methoxy groups -OCH3 is 1. The second-order valence-corrected chi connectivity index (χ2v) is 7.28. The van der Waals surface area contributed by atoms with Crippen LogP contribution >= 0.6 is 11.6 Å². The SMILES string of the molecule is COCCc1ccc(C(Cl)C2C(C)(C)C2(C)C)cc1. The molecule has 2 rings (SSSR count). The molecule has 1 fully saturated rings. The lowest BCUT2D eigenvalue weighted by Gasteiger charge is -2.13. The Morgan fingerprint density at radius 3 is 2.05 bits per heavy atom. The van der Waals surface area contributed by atoms with E-state index in [0.29, 0.717) is 16.7 Å². The van der Waals surface area contributed by atoms with E-state index in [2.05, 4.69) is 52.0 Å². The minimum atomic E-state index is 0.112. The van der Waals surface area contributed by atoms with Crippen molar-refractivity contribution in [1.82, 2.24) is 0 Å². The molecule has 0 aliphatic heterocycles. The van der Waals surface area contributed by atoms with E-state index in [9.17, 15) is 0 Å². The number of hydrogen-bond donors (Lipinski definition) is 0. The molecule has 19 heavy (non-hydrogen) atoms. The zero-order valence-electron chi connectivity index (χ0n) is 12.7. The zero-order chi connectivity index (χ0) is 14.3. The molecular weight excluding hydrogens is 256 g/mol. The molecule has 1 aromatic rings. The summed E-state index contributed by atoms with van der Waals surface area (Å²) in [6.07, 6.45) is 0.962. The molecule has 0 bridgehead atoms. The molecule has 1 unspecified atom stereocenters. The van der Waals surface area contributed by atoms with Gasteiger partial charge in [-0.15, -0.1) is 11.6 Å². The highest BCUT2D eigenvalue weighted by Crippen LogP contribution is 2.73. The second-order valence-electron chi connectivity index (χ2n) is 6.81. The Labute approximate surface area is 122 Å². The molecule has 2 heteroatoms. The summed E-state index contributed by atoms with van der Waals surface area (Å²) in [6.45, 7) is 10.0. The van der Waals surface area contributed by atoms with Gasteiger partial charge in [-0.25, -0.2) is 0 Å². The van der Waals surface area contributed by atoms with E-state index < -0.39 is 0 Å². The van der Waals surface area contributed by atoms with E-state index in [-0.39, 0.29) is 5.38 Å². The summed E-state index contributed by atoms with van der Waals surface area (Å²) in [5, 5.41) is 0.112. The van der Waals surface area contributed by atoms with Crippen molar-refractivity contribution in [3.05, 3.63) is 35.4 Å². The van der Waals surface area contributed by atoms with Crippen LogP contribution in [0.3, 0.4) is 0 Å². The monoisotopic (exact) mass is 280 g/mol. The highest BCUT2D eigenvalue weighted by molar-refractivity contribution is 6.21. The Balaban J connectivity index is 2.07. The van der Waals surface area contributed by atoms with Crippen molar-refractivity contribution < 1.29 is 4.74 Å². The Hall–Kier alpha value is -0.530. The smallest absolute Gasteiger partial charge is 0.0624 e. The number of rotatable bonds is 5. The molecule has 0 N–H and O–H groups in total. The first-order valence-corrected chi connectivity index (χ1v) is 7.48. The van der Waals surface area contributed by atoms with Gasteiger partial charge in [0, 0.05) is 7.11 Å². The molecule has 0 radical (unpaired) electrons. The molecule has 0 saturated heterocycles. The fourth-order valence-electron chi connectivity index (χ4n) is 3.26. The van der Waals surface area contributed by atoms with Crippen molar-refractivity contribution in [2.24, 2.45) is 16.7 Å². The van der Waals surface area contributed by atoms with Gasteiger partial charge in [0.15, 0.2) is 0 Å². The zero-order valence-corrected chi connectivity index (χ0v) is 13.4. The van der Waals surface area contributed by atoms with Crippen molar-refractivity contribution in [3.63, 3.8) is 0 Å². The van der Waals surface area contributed by atoms with Gasteiger partial charge in [-0.2, -0.15) is 0 Å². The first kappa shape index (κ1) is 14.9. The van der Waals surface area contributed by atoms with Crippen molar-refractivity contribution in [1.29, 1.82) is 0 Å². The Morgan fingerprint density at radius 1 is 1.11 bits per heavy atom. The van der Waals surface area contributed by atoms with Gasteiger partial charge in [-0.1, -0.05) is 52.0 Å². The standard InChI is InChI=1S/C17H25ClO/c1-16(2)15(17(16,3)4)14(18)13-8-6-12(7-9-13)10-11-19-5/h6-9,14-15H,10-11H2,1-5H3. The number of alkyl halides is 1. The summed E-state index contributed by atoms with van der Waals surface area (Å²) in [4.78, 5) is 0. The van der Waals surface area contributed by atoms with Gasteiger partial charge < -0.3 is 4.74 Å². The maximum Gasteiger partial charge on any atom is 0.0624 e. The fourth-order valence-corrected chi connectivity index (χ4v) is 4.04. The van der Waals surface area contributed by atoms with Gasteiger partial charge in [-0.3, -0.25) is 0 Å². The van der Waals surface area contributed by atoms with Crippen molar-refractivity contribution in [2.45, 2.75) is 39.5 Å². The Kier molecular flexibility index (Phi) is 3.99. The van der Waals surface area contributed by atoms with E-state index >= 15 is 0 Å². The summed E-state index contributed by atoms with van der Waals surface area (Å²) in [6, 6.07) is 8.69. The average Bonchev–Trinajstić information content (AvgIpc) is 2.77. The summed E-state index contributed by atoms with van der Waals surface area (Å²) >= 11 is 6.70. The molecule has 1 atom stereocenters. The lowest BCUT2D eigenvalue weighted by molar-refractivity contribution is 0.202. The van der Waals surface area contributed by atoms with Crippen LogP contribution in [-0.2, 0) is 11.2 Å². The number of halogens is 1. The molecule has 1 aliphatic rings. The summed E-state index contributed by atoms with van der Waals surface area (Å²) in [7, 11) is 1.74. The third-order valence-corrected chi connectivity index (χ3v) is 5.82. The molecule has 0 spiro atoms. The molecule has 0 heterocycles. The Morgan fingerprint density at radius 2 is 1.63 bits per heavy atom. The van der Waals surface area contributed by atoms with Crippen LogP contribution in [0.5, 0.6) is 0 Å². The Bertz CT molecular complexity index is 419. The molecule has 1 nitrogen and oxygen atoms in total. The molecule has 0 aromatic heterocycles. The van der Waals surface area contributed by atoms with E-state index in [1.807, 2.05) is 0 Å². The average molecular weight is 281 g/mol. The topological polar surface area (TPSA) is 9.23 Å². The lowest BCUT2D eigenvalue weighted by atomic mass is 10.0. The molecular formula is C17H25ClO. The number of benzene rings is 1. The van der Waals surface area contributed by atoms with Gasteiger partial charge >= 0.3 is 0 Å². The van der Waals surface area contributed by atoms with E-state index in [4.69, 9.17) is 16.3 Å². The van der Waals surface area contributed by atoms with Crippen LogP contribution in [0.2, 0.25) is 0 Å². The van der Waals surface area contributed by atoms with Crippen LogP contribution in [0.4, 0.5) is 0 Å². The van der Waals surface area contributed by atoms with Gasteiger partial charge in [0.25, 0.3) is 0 Å². The summed E-state index contributed by atoms with van der Waals surface area (Å²) in [5.41, 5.74) is 3.21. The highest BCUT2D eigenvalue weighted by atomic mass is 35.5. The van der Waals surface area contributed by atoms with E-state index in [1.165, 1.54) is 11.1 Å². The quantitative estimate of drug-likeness (QED) is 0.702. The molecule has 1 saturated carbocycles. The minimum Gasteiger partial charge on any atom is -0.384 e. The second kappa shape index (κ2) is 5.10. The van der Waals surface area contributed by atoms with Crippen molar-refractivity contribution >= 4 is 11.6 Å². The third-order valence-electron chi connectivity index (χ3n) is 5.32. The highest BCUT2D eigenvalue weighted by Gasteiger charge is 2.67. The molecule has 106 valence electrons. The first-order valence-electron chi connectivity index (χ1n) is 7.04. The predicted molar refractivity (Wildman–Crippen MR) is 81.7 cm³/mol. The van der Waals surface area contributed by atoms with Gasteiger partial charge in [0.1, 0.15) is 0 Å². The minimum absolute atomic E-state index is 0.112. The van der Waals surface area contributed by atoms with Crippen LogP contribution in [-0.4, -0.2) is 13.7 Å². The summed E-state index contributed by atoms with van der Waals surface area (Å²) in [5.74, 6) is 0.548. The maximum absolute atomic E-state index is 6.70.